The van der Waals surface area contributed by atoms with Gasteiger partial charge in [-0.25, -0.2) is 0 Å². The fourth-order valence-electron chi connectivity index (χ4n) is 3.55. The van der Waals surface area contributed by atoms with Gasteiger partial charge in [0.15, 0.2) is 16.6 Å². The summed E-state index contributed by atoms with van der Waals surface area (Å²) in [5.41, 5.74) is 3.34. The molecule has 156 valence electrons. The summed E-state index contributed by atoms with van der Waals surface area (Å²) in [5.74, 6) is 2.03. The highest BCUT2D eigenvalue weighted by molar-refractivity contribution is 7.80. The second-order valence-electron chi connectivity index (χ2n) is 7.00. The van der Waals surface area contributed by atoms with Crippen molar-refractivity contribution in [3.05, 3.63) is 47.5 Å². The minimum atomic E-state index is 0.634. The molecule has 1 fully saturated rings. The number of hydrogen-bond donors (Lipinski definition) is 1. The van der Waals surface area contributed by atoms with E-state index in [9.17, 15) is 0 Å². The molecule has 1 aliphatic heterocycles. The van der Waals surface area contributed by atoms with Crippen molar-refractivity contribution in [3.8, 4) is 17.2 Å². The van der Waals surface area contributed by atoms with Crippen molar-refractivity contribution in [1.82, 2.24) is 9.80 Å². The van der Waals surface area contributed by atoms with Crippen LogP contribution >= 0.6 is 12.2 Å². The van der Waals surface area contributed by atoms with Gasteiger partial charge in [0.25, 0.3) is 0 Å². The molecule has 0 aliphatic carbocycles. The second kappa shape index (κ2) is 9.80. The predicted molar refractivity (Wildman–Crippen MR) is 120 cm³/mol. The molecule has 2 aromatic rings. The quantitative estimate of drug-likeness (QED) is 0.724. The van der Waals surface area contributed by atoms with E-state index >= 15 is 0 Å². The van der Waals surface area contributed by atoms with Gasteiger partial charge in [0, 0.05) is 44.0 Å². The highest BCUT2D eigenvalue weighted by Crippen LogP contribution is 2.40. The van der Waals surface area contributed by atoms with Gasteiger partial charge >= 0.3 is 0 Å². The first-order chi connectivity index (χ1) is 14.1. The van der Waals surface area contributed by atoms with Crippen LogP contribution in [0.4, 0.5) is 5.69 Å². The van der Waals surface area contributed by atoms with Crippen molar-refractivity contribution in [1.29, 1.82) is 0 Å². The van der Waals surface area contributed by atoms with Crippen LogP contribution in [0.3, 0.4) is 0 Å². The minimum Gasteiger partial charge on any atom is -0.493 e. The Morgan fingerprint density at radius 2 is 1.62 bits per heavy atom. The van der Waals surface area contributed by atoms with E-state index in [-0.39, 0.29) is 0 Å². The van der Waals surface area contributed by atoms with E-state index in [1.54, 1.807) is 21.3 Å². The van der Waals surface area contributed by atoms with Crippen molar-refractivity contribution >= 4 is 23.0 Å². The van der Waals surface area contributed by atoms with Gasteiger partial charge in [-0.2, -0.15) is 0 Å². The number of hydrogen-bond acceptors (Lipinski definition) is 5. The first-order valence-electron chi connectivity index (χ1n) is 9.69. The van der Waals surface area contributed by atoms with Crippen LogP contribution in [-0.4, -0.2) is 62.4 Å². The molecule has 0 radical (unpaired) electrons. The second-order valence-corrected chi connectivity index (χ2v) is 7.39. The van der Waals surface area contributed by atoms with E-state index in [0.29, 0.717) is 11.5 Å². The van der Waals surface area contributed by atoms with Crippen molar-refractivity contribution in [2.24, 2.45) is 0 Å². The number of methoxy groups -OCH3 is 3. The molecule has 1 N–H and O–H groups in total. The van der Waals surface area contributed by atoms with Gasteiger partial charge in [0.2, 0.25) is 5.75 Å². The lowest BCUT2D eigenvalue weighted by atomic mass is 10.1. The molecule has 0 aromatic heterocycles. The summed E-state index contributed by atoms with van der Waals surface area (Å²) in [6.45, 7) is 6.48. The van der Waals surface area contributed by atoms with Crippen LogP contribution in [0.5, 0.6) is 17.2 Å². The molecule has 0 spiro atoms. The highest BCUT2D eigenvalue weighted by atomic mass is 32.1. The average Bonchev–Trinajstić information content (AvgIpc) is 2.75. The van der Waals surface area contributed by atoms with Crippen molar-refractivity contribution in [3.63, 3.8) is 0 Å². The fraction of sp³-hybridized carbons (Fsp3) is 0.409. The van der Waals surface area contributed by atoms with E-state index in [4.69, 9.17) is 26.4 Å². The molecule has 0 atom stereocenters. The van der Waals surface area contributed by atoms with Crippen LogP contribution in [0.1, 0.15) is 11.1 Å². The summed E-state index contributed by atoms with van der Waals surface area (Å²) in [4.78, 5) is 4.63. The van der Waals surface area contributed by atoms with Gasteiger partial charge in [-0.1, -0.05) is 24.3 Å². The molecule has 0 unspecified atom stereocenters. The molecule has 1 heterocycles. The Morgan fingerprint density at radius 1 is 0.931 bits per heavy atom. The van der Waals surface area contributed by atoms with Gasteiger partial charge in [-0.15, -0.1) is 0 Å². The molecule has 0 saturated carbocycles. The molecule has 7 heteroatoms. The number of aryl methyl sites for hydroxylation is 1. The maximum absolute atomic E-state index is 5.63. The monoisotopic (exact) mass is 415 g/mol. The molecule has 1 aliphatic rings. The SMILES string of the molecule is COc1ccc(CN2CCN(C(=S)Nc3ccccc3C)CC2)c(OC)c1OC. The number of ether oxygens (including phenoxy) is 3. The smallest absolute Gasteiger partial charge is 0.203 e. The summed E-state index contributed by atoms with van der Waals surface area (Å²) in [7, 11) is 4.92. The lowest BCUT2D eigenvalue weighted by Crippen LogP contribution is -2.49. The number of anilines is 1. The topological polar surface area (TPSA) is 46.2 Å². The van der Waals surface area contributed by atoms with E-state index < -0.39 is 0 Å². The first kappa shape index (κ1) is 21.2. The summed E-state index contributed by atoms with van der Waals surface area (Å²) >= 11 is 5.63. The summed E-state index contributed by atoms with van der Waals surface area (Å²) < 4.78 is 16.5. The number of piperazine rings is 1. The fourth-order valence-corrected chi connectivity index (χ4v) is 3.84. The van der Waals surface area contributed by atoms with Crippen molar-refractivity contribution in [2.75, 3.05) is 52.8 Å². The normalized spacial score (nSPS) is 14.4. The van der Waals surface area contributed by atoms with Crippen molar-refractivity contribution < 1.29 is 14.2 Å². The number of thiocarbonyl (C=S) groups is 1. The number of rotatable bonds is 6. The zero-order chi connectivity index (χ0) is 20.8. The Kier molecular flexibility index (Phi) is 7.17. The van der Waals surface area contributed by atoms with Gasteiger partial charge in [-0.05, 0) is 36.8 Å². The van der Waals surface area contributed by atoms with Gasteiger partial charge in [0.1, 0.15) is 0 Å². The third kappa shape index (κ3) is 4.92. The third-order valence-electron chi connectivity index (χ3n) is 5.23. The molecule has 29 heavy (non-hydrogen) atoms. The maximum atomic E-state index is 5.63. The van der Waals surface area contributed by atoms with E-state index in [0.717, 1.165) is 54.8 Å². The molecular formula is C22H29N3O3S. The largest absolute Gasteiger partial charge is 0.493 e. The summed E-state index contributed by atoms with van der Waals surface area (Å²) in [6.07, 6.45) is 0. The lowest BCUT2D eigenvalue weighted by Gasteiger charge is -2.36. The summed E-state index contributed by atoms with van der Waals surface area (Å²) in [5, 5.41) is 4.16. The molecule has 0 amide bonds. The molecular weight excluding hydrogens is 386 g/mol. The third-order valence-corrected chi connectivity index (χ3v) is 5.59. The standard InChI is InChI=1S/C22H29N3O3S/c1-16-7-5-6-8-18(16)23-22(29)25-13-11-24(12-14-25)15-17-9-10-19(26-2)21(28-4)20(17)27-3/h5-10H,11-15H2,1-4H3,(H,23,29). The average molecular weight is 416 g/mol. The first-order valence-corrected chi connectivity index (χ1v) is 10.1. The van der Waals surface area contributed by atoms with Gasteiger partial charge in [0.05, 0.1) is 21.3 Å². The van der Waals surface area contributed by atoms with Crippen LogP contribution in [0.25, 0.3) is 0 Å². The number of para-hydroxylation sites is 1. The van der Waals surface area contributed by atoms with E-state index in [1.165, 1.54) is 5.56 Å². The summed E-state index contributed by atoms with van der Waals surface area (Å²) in [6, 6.07) is 12.2. The molecule has 3 rings (SSSR count). The number of benzene rings is 2. The number of nitrogens with zero attached hydrogens (tertiary/aromatic N) is 2. The Hall–Kier alpha value is -2.51. The predicted octanol–water partition coefficient (Wildman–Crippen LogP) is 3.54. The lowest BCUT2D eigenvalue weighted by molar-refractivity contribution is 0.175. The van der Waals surface area contributed by atoms with E-state index in [1.807, 2.05) is 24.3 Å². The minimum absolute atomic E-state index is 0.634. The molecule has 6 nitrogen and oxygen atoms in total. The Labute approximate surface area is 178 Å². The maximum Gasteiger partial charge on any atom is 0.203 e. The van der Waals surface area contributed by atoms with Gasteiger partial charge < -0.3 is 24.4 Å². The van der Waals surface area contributed by atoms with Crippen molar-refractivity contribution in [2.45, 2.75) is 13.5 Å². The highest BCUT2D eigenvalue weighted by Gasteiger charge is 2.22. The van der Waals surface area contributed by atoms with Crippen LogP contribution in [0.2, 0.25) is 0 Å². The Morgan fingerprint density at radius 3 is 2.24 bits per heavy atom. The molecule has 2 aromatic carbocycles. The van der Waals surface area contributed by atoms with Crippen LogP contribution < -0.4 is 19.5 Å². The zero-order valence-electron chi connectivity index (χ0n) is 17.5. The van der Waals surface area contributed by atoms with E-state index in [2.05, 4.69) is 34.2 Å². The van der Waals surface area contributed by atoms with Crippen LogP contribution in [0, 0.1) is 6.92 Å². The Bertz CT molecular complexity index is 851. The Balaban J connectivity index is 1.60. The molecule has 0 bridgehead atoms. The van der Waals surface area contributed by atoms with Crippen LogP contribution in [0.15, 0.2) is 36.4 Å². The zero-order valence-corrected chi connectivity index (χ0v) is 18.3. The molecule has 1 saturated heterocycles. The van der Waals surface area contributed by atoms with Crippen LogP contribution in [-0.2, 0) is 6.54 Å². The number of nitrogens with one attached hydrogen (secondary N) is 1. The van der Waals surface area contributed by atoms with Gasteiger partial charge in [-0.3, -0.25) is 4.90 Å².